The van der Waals surface area contributed by atoms with Crippen LogP contribution in [0.4, 0.5) is 4.39 Å². The first-order chi connectivity index (χ1) is 9.90. The third-order valence-electron chi connectivity index (χ3n) is 3.34. The van der Waals surface area contributed by atoms with Gasteiger partial charge < -0.3 is 10.5 Å². The average molecular weight is 286 g/mol. The predicted octanol–water partition coefficient (Wildman–Crippen LogP) is 4.33. The number of benzene rings is 2. The number of halogens is 1. The lowest BCUT2D eigenvalue weighted by atomic mass is 10.0. The van der Waals surface area contributed by atoms with E-state index in [4.69, 9.17) is 15.9 Å². The molecule has 3 N–H and O–H groups in total. The molecule has 0 aliphatic carbocycles. The topological polar surface area (TPSA) is 59.1 Å². The van der Waals surface area contributed by atoms with E-state index < -0.39 is 5.82 Å². The van der Waals surface area contributed by atoms with Crippen LogP contribution >= 0.6 is 0 Å². The molecule has 0 saturated heterocycles. The van der Waals surface area contributed by atoms with Crippen LogP contribution in [-0.2, 0) is 0 Å². The summed E-state index contributed by atoms with van der Waals surface area (Å²) in [6.45, 7) is 6.11. The first-order valence-corrected chi connectivity index (χ1v) is 6.81. The van der Waals surface area contributed by atoms with Crippen LogP contribution in [0.2, 0.25) is 0 Å². The molecule has 110 valence electrons. The van der Waals surface area contributed by atoms with Crippen molar-refractivity contribution in [1.82, 2.24) is 0 Å². The Morgan fingerprint density at radius 2 is 1.90 bits per heavy atom. The molecule has 4 heteroatoms. The first-order valence-electron chi connectivity index (χ1n) is 6.81. The zero-order valence-electron chi connectivity index (χ0n) is 12.4. The molecule has 3 nitrogen and oxygen atoms in total. The number of hydrogen-bond acceptors (Lipinski definition) is 2. The fraction of sp³-hybridized carbons (Fsp3) is 0.235. The Morgan fingerprint density at radius 1 is 1.19 bits per heavy atom. The molecule has 0 aliphatic heterocycles. The molecule has 0 amide bonds. The van der Waals surface area contributed by atoms with E-state index in [0.717, 1.165) is 11.1 Å². The summed E-state index contributed by atoms with van der Waals surface area (Å²) in [5, 5.41) is 7.50. The van der Waals surface area contributed by atoms with Gasteiger partial charge in [0.1, 0.15) is 23.2 Å². The molecule has 2 aromatic carbocycles. The summed E-state index contributed by atoms with van der Waals surface area (Å²) in [4.78, 5) is 0. The van der Waals surface area contributed by atoms with Crippen LogP contribution in [0.3, 0.4) is 0 Å². The molecule has 0 saturated carbocycles. The van der Waals surface area contributed by atoms with Gasteiger partial charge in [0.05, 0.1) is 5.56 Å². The van der Waals surface area contributed by atoms with Crippen LogP contribution in [0.5, 0.6) is 11.5 Å². The van der Waals surface area contributed by atoms with Gasteiger partial charge in [0.25, 0.3) is 0 Å². The number of aryl methyl sites for hydroxylation is 1. The Kier molecular flexibility index (Phi) is 4.26. The van der Waals surface area contributed by atoms with Gasteiger partial charge in [0, 0.05) is 0 Å². The number of amidine groups is 1. The number of nitrogens with one attached hydrogen (secondary N) is 1. The lowest BCUT2D eigenvalue weighted by molar-refractivity contribution is 0.470. The molecule has 2 rings (SSSR count). The summed E-state index contributed by atoms with van der Waals surface area (Å²) >= 11 is 0. The van der Waals surface area contributed by atoms with Crippen molar-refractivity contribution < 1.29 is 9.13 Å². The highest BCUT2D eigenvalue weighted by Crippen LogP contribution is 2.31. The summed E-state index contributed by atoms with van der Waals surface area (Å²) in [7, 11) is 0. The Bertz CT molecular complexity index is 680. The Labute approximate surface area is 124 Å². The van der Waals surface area contributed by atoms with Gasteiger partial charge in [-0.15, -0.1) is 0 Å². The summed E-state index contributed by atoms with van der Waals surface area (Å²) in [5.41, 5.74) is 7.52. The number of rotatable bonds is 4. The molecule has 0 fully saturated rings. The third-order valence-corrected chi connectivity index (χ3v) is 3.34. The lowest BCUT2D eigenvalue weighted by Crippen LogP contribution is -2.14. The summed E-state index contributed by atoms with van der Waals surface area (Å²) in [5.74, 6) is 0.368. The van der Waals surface area contributed by atoms with Crippen molar-refractivity contribution in [3.05, 3.63) is 58.9 Å². The highest BCUT2D eigenvalue weighted by atomic mass is 19.1. The normalized spacial score (nSPS) is 10.7. The molecule has 0 aromatic heterocycles. The van der Waals surface area contributed by atoms with E-state index in [1.54, 1.807) is 12.1 Å². The number of nitrogen functional groups attached to an aromatic ring is 1. The van der Waals surface area contributed by atoms with Gasteiger partial charge in [-0.05, 0) is 42.2 Å². The molecule has 0 heterocycles. The smallest absolute Gasteiger partial charge is 0.141 e. The van der Waals surface area contributed by atoms with Crippen molar-refractivity contribution in [3.63, 3.8) is 0 Å². The maximum atomic E-state index is 13.8. The molecule has 21 heavy (non-hydrogen) atoms. The second-order valence-electron chi connectivity index (χ2n) is 5.31. The second kappa shape index (κ2) is 5.95. The minimum atomic E-state index is -0.558. The van der Waals surface area contributed by atoms with Crippen molar-refractivity contribution in [2.24, 2.45) is 5.73 Å². The molecule has 2 aromatic rings. The van der Waals surface area contributed by atoms with Crippen LogP contribution in [0.25, 0.3) is 0 Å². The van der Waals surface area contributed by atoms with E-state index in [1.807, 2.05) is 25.1 Å². The van der Waals surface area contributed by atoms with Gasteiger partial charge in [-0.3, -0.25) is 5.41 Å². The van der Waals surface area contributed by atoms with Crippen LogP contribution in [0.15, 0.2) is 36.4 Å². The zero-order chi connectivity index (χ0) is 15.6. The summed E-state index contributed by atoms with van der Waals surface area (Å²) in [6.07, 6.45) is 0. The average Bonchev–Trinajstić information content (AvgIpc) is 2.40. The molecule has 0 aliphatic rings. The fourth-order valence-corrected chi connectivity index (χ4v) is 2.06. The Hall–Kier alpha value is -2.36. The van der Waals surface area contributed by atoms with E-state index >= 15 is 0 Å². The number of hydrogen-bond donors (Lipinski definition) is 2. The first kappa shape index (κ1) is 15.0. The molecule has 0 radical (unpaired) electrons. The van der Waals surface area contributed by atoms with E-state index in [0.29, 0.717) is 11.7 Å². The minimum absolute atomic E-state index is 0.00755. The Balaban J connectivity index is 2.46. The fourth-order valence-electron chi connectivity index (χ4n) is 2.06. The number of nitrogens with two attached hydrogens (primary N) is 1. The quantitative estimate of drug-likeness (QED) is 0.649. The largest absolute Gasteiger partial charge is 0.456 e. The van der Waals surface area contributed by atoms with Crippen molar-refractivity contribution in [2.45, 2.75) is 26.7 Å². The van der Waals surface area contributed by atoms with E-state index in [9.17, 15) is 4.39 Å². The Morgan fingerprint density at radius 3 is 2.52 bits per heavy atom. The van der Waals surface area contributed by atoms with E-state index in [2.05, 4.69) is 13.8 Å². The molecule has 0 unspecified atom stereocenters. The second-order valence-corrected chi connectivity index (χ2v) is 5.31. The molecular formula is C17H19FN2O. The molecule has 0 spiro atoms. The van der Waals surface area contributed by atoms with Gasteiger partial charge in [0.2, 0.25) is 0 Å². The number of ether oxygens (including phenoxy) is 1. The molecule has 0 bridgehead atoms. The van der Waals surface area contributed by atoms with Crippen LogP contribution in [0, 0.1) is 18.2 Å². The maximum Gasteiger partial charge on any atom is 0.141 e. The lowest BCUT2D eigenvalue weighted by Gasteiger charge is -2.15. The maximum absolute atomic E-state index is 13.8. The van der Waals surface area contributed by atoms with Crippen molar-refractivity contribution in [3.8, 4) is 11.5 Å². The molecule has 0 atom stereocenters. The standard InChI is InChI=1S/C17H19FN2O/c1-10(2)12-8-7-11(3)15(9-12)21-14-6-4-5-13(18)16(14)17(19)20/h4-10H,1-3H3,(H3,19,20). The SMILES string of the molecule is Cc1ccc(C(C)C)cc1Oc1cccc(F)c1C(=N)N. The highest BCUT2D eigenvalue weighted by Gasteiger charge is 2.14. The van der Waals surface area contributed by atoms with Gasteiger partial charge in [-0.1, -0.05) is 32.0 Å². The third kappa shape index (κ3) is 3.21. The summed E-state index contributed by atoms with van der Waals surface area (Å²) < 4.78 is 19.6. The van der Waals surface area contributed by atoms with Gasteiger partial charge >= 0.3 is 0 Å². The van der Waals surface area contributed by atoms with Gasteiger partial charge in [0.15, 0.2) is 0 Å². The van der Waals surface area contributed by atoms with Crippen LogP contribution < -0.4 is 10.5 Å². The van der Waals surface area contributed by atoms with Gasteiger partial charge in [-0.2, -0.15) is 0 Å². The van der Waals surface area contributed by atoms with E-state index in [-0.39, 0.29) is 17.1 Å². The molecular weight excluding hydrogens is 267 g/mol. The minimum Gasteiger partial charge on any atom is -0.456 e. The summed E-state index contributed by atoms with van der Waals surface area (Å²) in [6, 6.07) is 10.4. The van der Waals surface area contributed by atoms with Crippen LogP contribution in [-0.4, -0.2) is 5.84 Å². The van der Waals surface area contributed by atoms with Gasteiger partial charge in [-0.25, -0.2) is 4.39 Å². The monoisotopic (exact) mass is 286 g/mol. The highest BCUT2D eigenvalue weighted by molar-refractivity contribution is 5.98. The van der Waals surface area contributed by atoms with Crippen molar-refractivity contribution in [2.75, 3.05) is 0 Å². The zero-order valence-corrected chi connectivity index (χ0v) is 12.4. The van der Waals surface area contributed by atoms with E-state index in [1.165, 1.54) is 6.07 Å². The predicted molar refractivity (Wildman–Crippen MR) is 82.8 cm³/mol. The van der Waals surface area contributed by atoms with Crippen molar-refractivity contribution >= 4 is 5.84 Å². The van der Waals surface area contributed by atoms with Crippen molar-refractivity contribution in [1.29, 1.82) is 5.41 Å². The van der Waals surface area contributed by atoms with Crippen LogP contribution in [0.1, 0.15) is 36.5 Å².